The van der Waals surface area contributed by atoms with Crippen LogP contribution in [-0.2, 0) is 0 Å². The fourth-order valence-corrected chi connectivity index (χ4v) is 2.92. The van der Waals surface area contributed by atoms with Gasteiger partial charge in [-0.2, -0.15) is 0 Å². The van der Waals surface area contributed by atoms with Crippen LogP contribution in [0.3, 0.4) is 0 Å². The topological polar surface area (TPSA) is 13.1 Å². The zero-order chi connectivity index (χ0) is 11.1. The Morgan fingerprint density at radius 3 is 2.44 bits per heavy atom. The van der Waals surface area contributed by atoms with Crippen molar-refractivity contribution in [3.63, 3.8) is 0 Å². The Morgan fingerprint density at radius 1 is 1.00 bits per heavy atom. The lowest BCUT2D eigenvalue weighted by molar-refractivity contribution is 0.658. The van der Waals surface area contributed by atoms with E-state index >= 15 is 0 Å². The molecule has 1 heterocycles. The van der Waals surface area contributed by atoms with E-state index in [4.69, 9.17) is 4.42 Å². The zero-order valence-electron chi connectivity index (χ0n) is 8.66. The molecule has 0 radical (unpaired) electrons. The minimum Gasteiger partial charge on any atom is -0.454 e. The molecule has 0 bridgehead atoms. The fourth-order valence-electron chi connectivity index (χ4n) is 1.92. The van der Waals surface area contributed by atoms with E-state index in [0.29, 0.717) is 0 Å². The van der Waals surface area contributed by atoms with Crippen molar-refractivity contribution < 1.29 is 4.42 Å². The highest BCUT2D eigenvalue weighted by atomic mass is 79.9. The summed E-state index contributed by atoms with van der Waals surface area (Å²) < 4.78 is 6.95. The Bertz CT molecular complexity index is 672. The summed E-state index contributed by atoms with van der Waals surface area (Å²) in [6.07, 6.45) is 2.07. The van der Waals surface area contributed by atoms with Crippen LogP contribution in [0.2, 0.25) is 0 Å². The maximum atomic E-state index is 5.94. The second kappa shape index (κ2) is 3.82. The van der Waals surface area contributed by atoms with Crippen molar-refractivity contribution in [2.75, 3.05) is 6.26 Å². The van der Waals surface area contributed by atoms with Gasteiger partial charge in [-0.25, -0.2) is 0 Å². The molecular formula is C13H9BrOS. The van der Waals surface area contributed by atoms with Crippen molar-refractivity contribution in [2.45, 2.75) is 4.90 Å². The Hall–Kier alpha value is -0.930. The highest BCUT2D eigenvalue weighted by Gasteiger charge is 2.11. The molecule has 0 amide bonds. The summed E-state index contributed by atoms with van der Waals surface area (Å²) in [6.45, 7) is 0. The Kier molecular flexibility index (Phi) is 2.45. The maximum Gasteiger partial charge on any atom is 0.149 e. The first-order chi connectivity index (χ1) is 7.81. The summed E-state index contributed by atoms with van der Waals surface area (Å²) in [6, 6.07) is 12.4. The van der Waals surface area contributed by atoms with E-state index < -0.39 is 0 Å². The monoisotopic (exact) mass is 292 g/mol. The molecule has 0 atom stereocenters. The van der Waals surface area contributed by atoms with Crippen LogP contribution in [0.1, 0.15) is 0 Å². The molecule has 3 aromatic rings. The molecular weight excluding hydrogens is 284 g/mol. The molecule has 16 heavy (non-hydrogen) atoms. The third kappa shape index (κ3) is 1.39. The van der Waals surface area contributed by atoms with Crippen LogP contribution >= 0.6 is 27.7 Å². The number of halogens is 1. The van der Waals surface area contributed by atoms with Gasteiger partial charge in [0, 0.05) is 10.8 Å². The van der Waals surface area contributed by atoms with Crippen LogP contribution in [0.15, 0.2) is 50.2 Å². The van der Waals surface area contributed by atoms with Crippen LogP contribution in [0, 0.1) is 0 Å². The maximum absolute atomic E-state index is 5.94. The lowest BCUT2D eigenvalue weighted by atomic mass is 10.1. The van der Waals surface area contributed by atoms with Gasteiger partial charge >= 0.3 is 0 Å². The van der Waals surface area contributed by atoms with Gasteiger partial charge in [0.1, 0.15) is 11.2 Å². The van der Waals surface area contributed by atoms with Crippen LogP contribution in [0.25, 0.3) is 21.9 Å². The number of hydrogen-bond acceptors (Lipinski definition) is 2. The quantitative estimate of drug-likeness (QED) is 0.581. The first-order valence-corrected chi connectivity index (χ1v) is 6.97. The van der Waals surface area contributed by atoms with Gasteiger partial charge in [-0.1, -0.05) is 24.3 Å². The van der Waals surface area contributed by atoms with Crippen molar-refractivity contribution >= 4 is 49.6 Å². The normalized spacial score (nSPS) is 11.4. The van der Waals surface area contributed by atoms with Crippen molar-refractivity contribution in [2.24, 2.45) is 0 Å². The van der Waals surface area contributed by atoms with E-state index in [2.05, 4.69) is 46.5 Å². The highest BCUT2D eigenvalue weighted by Crippen LogP contribution is 2.37. The number of thioether (sulfide) groups is 1. The second-order valence-electron chi connectivity index (χ2n) is 3.56. The van der Waals surface area contributed by atoms with Gasteiger partial charge < -0.3 is 4.42 Å². The number of hydrogen-bond donors (Lipinski definition) is 0. The molecule has 2 aromatic carbocycles. The van der Waals surface area contributed by atoms with E-state index in [1.165, 1.54) is 15.7 Å². The number of fused-ring (bicyclic) bond motifs is 3. The molecule has 0 aliphatic carbocycles. The molecule has 0 N–H and O–H groups in total. The SMILES string of the molecule is CSc1cccc2c1oc1c(Br)cccc12. The summed E-state index contributed by atoms with van der Waals surface area (Å²) in [5.74, 6) is 0. The molecule has 3 rings (SSSR count). The molecule has 0 saturated heterocycles. The first-order valence-electron chi connectivity index (χ1n) is 4.95. The highest BCUT2D eigenvalue weighted by molar-refractivity contribution is 9.10. The van der Waals surface area contributed by atoms with Gasteiger partial charge in [0.05, 0.1) is 9.37 Å². The van der Waals surface area contributed by atoms with Crippen molar-refractivity contribution in [3.05, 3.63) is 40.9 Å². The van der Waals surface area contributed by atoms with Crippen molar-refractivity contribution in [1.29, 1.82) is 0 Å². The zero-order valence-corrected chi connectivity index (χ0v) is 11.1. The van der Waals surface area contributed by atoms with Gasteiger partial charge in [0.2, 0.25) is 0 Å². The predicted octanol–water partition coefficient (Wildman–Crippen LogP) is 5.07. The average Bonchev–Trinajstić information content (AvgIpc) is 2.69. The minimum atomic E-state index is 0.930. The van der Waals surface area contributed by atoms with Crippen LogP contribution < -0.4 is 0 Å². The predicted molar refractivity (Wildman–Crippen MR) is 73.2 cm³/mol. The number of furan rings is 1. The van der Waals surface area contributed by atoms with Crippen molar-refractivity contribution in [1.82, 2.24) is 0 Å². The standard InChI is InChI=1S/C13H9BrOS/c1-16-11-7-3-5-9-8-4-2-6-10(14)12(8)15-13(9)11/h2-7H,1H3. The molecule has 0 aliphatic rings. The molecule has 0 saturated carbocycles. The largest absolute Gasteiger partial charge is 0.454 e. The number of benzene rings is 2. The summed E-state index contributed by atoms with van der Waals surface area (Å²) in [5.41, 5.74) is 1.91. The van der Waals surface area contributed by atoms with Crippen molar-refractivity contribution in [3.8, 4) is 0 Å². The molecule has 1 aromatic heterocycles. The summed E-state index contributed by atoms with van der Waals surface area (Å²) in [5, 5.41) is 2.35. The van der Waals surface area contributed by atoms with E-state index in [1.807, 2.05) is 12.1 Å². The van der Waals surface area contributed by atoms with E-state index in [0.717, 1.165) is 15.6 Å². The fraction of sp³-hybridized carbons (Fsp3) is 0.0769. The molecule has 0 spiro atoms. The average molecular weight is 293 g/mol. The summed E-state index contributed by atoms with van der Waals surface area (Å²) >= 11 is 5.23. The van der Waals surface area contributed by atoms with Crippen LogP contribution in [0.5, 0.6) is 0 Å². The van der Waals surface area contributed by atoms with Gasteiger partial charge in [0.15, 0.2) is 0 Å². The summed E-state index contributed by atoms with van der Waals surface area (Å²) in [7, 11) is 0. The van der Waals surface area contributed by atoms with Gasteiger partial charge in [0.25, 0.3) is 0 Å². The molecule has 3 heteroatoms. The number of rotatable bonds is 1. The van der Waals surface area contributed by atoms with E-state index in [1.54, 1.807) is 11.8 Å². The van der Waals surface area contributed by atoms with Gasteiger partial charge in [-0.15, -0.1) is 11.8 Å². The number of para-hydroxylation sites is 2. The summed E-state index contributed by atoms with van der Waals surface area (Å²) in [4.78, 5) is 1.18. The van der Waals surface area contributed by atoms with E-state index in [9.17, 15) is 0 Å². The third-order valence-corrected chi connectivity index (χ3v) is 4.05. The lowest BCUT2D eigenvalue weighted by Crippen LogP contribution is -1.70. The van der Waals surface area contributed by atoms with Gasteiger partial charge in [-0.3, -0.25) is 0 Å². The Morgan fingerprint density at radius 2 is 1.69 bits per heavy atom. The first kappa shape index (κ1) is 10.2. The Balaban J connectivity index is 2.55. The van der Waals surface area contributed by atoms with E-state index in [-0.39, 0.29) is 0 Å². The molecule has 0 fully saturated rings. The second-order valence-corrected chi connectivity index (χ2v) is 5.26. The third-order valence-electron chi connectivity index (χ3n) is 2.66. The smallest absolute Gasteiger partial charge is 0.149 e. The van der Waals surface area contributed by atoms with Crippen LogP contribution in [0.4, 0.5) is 0 Å². The van der Waals surface area contributed by atoms with Crippen LogP contribution in [-0.4, -0.2) is 6.26 Å². The van der Waals surface area contributed by atoms with Gasteiger partial charge in [-0.05, 0) is 34.3 Å². The lowest BCUT2D eigenvalue weighted by Gasteiger charge is -1.95. The molecule has 0 aliphatic heterocycles. The molecule has 1 nitrogen and oxygen atoms in total. The Labute approximate surface area is 106 Å². The molecule has 80 valence electrons. The molecule has 0 unspecified atom stereocenters. The minimum absolute atomic E-state index is 0.930.